The molecule has 2 aromatic carbocycles. The molecule has 1 aliphatic rings. The van der Waals surface area contributed by atoms with Gasteiger partial charge in [0.15, 0.2) is 0 Å². The van der Waals surface area contributed by atoms with Crippen LogP contribution in [0.4, 0.5) is 5.69 Å². The van der Waals surface area contributed by atoms with Crippen molar-refractivity contribution in [1.29, 1.82) is 0 Å². The molecule has 0 saturated carbocycles. The minimum atomic E-state index is -0.847. The van der Waals surface area contributed by atoms with Crippen LogP contribution in [0.1, 0.15) is 53.6 Å². The first-order valence-electron chi connectivity index (χ1n) is 11.3. The van der Waals surface area contributed by atoms with Crippen molar-refractivity contribution in [2.75, 3.05) is 12.0 Å². The van der Waals surface area contributed by atoms with Crippen LogP contribution in [0.3, 0.4) is 0 Å². The van der Waals surface area contributed by atoms with Crippen LogP contribution >= 0.6 is 11.6 Å². The maximum Gasteiger partial charge on any atom is 0.300 e. The largest absolute Gasteiger partial charge is 0.507 e. The molecule has 0 bridgehead atoms. The van der Waals surface area contributed by atoms with Gasteiger partial charge in [-0.05, 0) is 78.4 Å². The zero-order chi connectivity index (χ0) is 25.4. The number of anilines is 1. The van der Waals surface area contributed by atoms with E-state index in [0.717, 1.165) is 16.7 Å². The highest BCUT2D eigenvalue weighted by Gasteiger charge is 2.47. The highest BCUT2D eigenvalue weighted by atomic mass is 35.5. The smallest absolute Gasteiger partial charge is 0.300 e. The lowest BCUT2D eigenvalue weighted by atomic mass is 9.91. The van der Waals surface area contributed by atoms with Crippen molar-refractivity contribution in [3.63, 3.8) is 0 Å². The number of benzene rings is 2. The molecule has 180 valence electrons. The van der Waals surface area contributed by atoms with E-state index in [1.165, 1.54) is 4.90 Å². The minimum absolute atomic E-state index is 0.0147. The zero-order valence-electron chi connectivity index (χ0n) is 20.3. The number of hydrogen-bond donors (Lipinski definition) is 1. The van der Waals surface area contributed by atoms with Gasteiger partial charge in [0.2, 0.25) is 0 Å². The second-order valence-electron chi connectivity index (χ2n) is 8.95. The molecule has 4 rings (SSSR count). The van der Waals surface area contributed by atoms with Crippen LogP contribution in [-0.2, 0) is 9.59 Å². The van der Waals surface area contributed by atoms with Crippen LogP contribution in [-0.4, -0.2) is 28.9 Å². The molecule has 35 heavy (non-hydrogen) atoms. The second kappa shape index (κ2) is 9.55. The summed E-state index contributed by atoms with van der Waals surface area (Å²) in [6, 6.07) is 11.5. The molecule has 1 fully saturated rings. The number of pyridine rings is 1. The average molecular weight is 491 g/mol. The van der Waals surface area contributed by atoms with Gasteiger partial charge in [-0.25, -0.2) is 0 Å². The standard InChI is InChI=1S/C28H27ClN2O4/c1-15(2)20-14-21(17(4)12-23(20)35-5)26(32)24-25(18-8-10-30-11-9-18)31(28(34)27(24)33)19-7-6-16(3)22(29)13-19/h6-15,25,32H,1-5H3/b26-24+. The van der Waals surface area contributed by atoms with E-state index in [9.17, 15) is 14.7 Å². The lowest BCUT2D eigenvalue weighted by Gasteiger charge is -2.26. The Morgan fingerprint density at radius 2 is 1.74 bits per heavy atom. The van der Waals surface area contributed by atoms with E-state index in [-0.39, 0.29) is 17.3 Å². The molecular weight excluding hydrogens is 464 g/mol. The van der Waals surface area contributed by atoms with E-state index < -0.39 is 17.7 Å². The number of Topliss-reactive ketones (excluding diaryl/α,β-unsaturated/α-hetero) is 1. The summed E-state index contributed by atoms with van der Waals surface area (Å²) in [5.41, 5.74) is 4.07. The van der Waals surface area contributed by atoms with Crippen LogP contribution in [0.5, 0.6) is 5.75 Å². The third kappa shape index (κ3) is 4.30. The van der Waals surface area contributed by atoms with E-state index in [2.05, 4.69) is 4.98 Å². The van der Waals surface area contributed by atoms with Crippen LogP contribution in [0.2, 0.25) is 5.02 Å². The minimum Gasteiger partial charge on any atom is -0.507 e. The van der Waals surface area contributed by atoms with Gasteiger partial charge in [0.05, 0.1) is 18.7 Å². The van der Waals surface area contributed by atoms with Gasteiger partial charge in [-0.15, -0.1) is 0 Å². The van der Waals surface area contributed by atoms with Crippen molar-refractivity contribution >= 4 is 34.7 Å². The molecule has 1 atom stereocenters. The molecule has 1 amide bonds. The van der Waals surface area contributed by atoms with Gasteiger partial charge < -0.3 is 9.84 Å². The van der Waals surface area contributed by atoms with Crippen molar-refractivity contribution < 1.29 is 19.4 Å². The number of aliphatic hydroxyl groups excluding tert-OH is 1. The summed E-state index contributed by atoms with van der Waals surface area (Å²) in [4.78, 5) is 32.2. The molecule has 6 nitrogen and oxygen atoms in total. The maximum absolute atomic E-state index is 13.4. The van der Waals surface area contributed by atoms with Crippen molar-refractivity contribution in [3.8, 4) is 5.75 Å². The number of aromatic nitrogens is 1. The number of amides is 1. The van der Waals surface area contributed by atoms with E-state index in [1.807, 2.05) is 39.8 Å². The van der Waals surface area contributed by atoms with Gasteiger partial charge in [-0.3, -0.25) is 19.5 Å². The maximum atomic E-state index is 13.4. The molecule has 1 N–H and O–H groups in total. The number of ether oxygens (including phenoxy) is 1. The molecular formula is C28H27ClN2O4. The first-order chi connectivity index (χ1) is 16.6. The van der Waals surface area contributed by atoms with Crippen molar-refractivity contribution in [1.82, 2.24) is 4.98 Å². The summed E-state index contributed by atoms with van der Waals surface area (Å²) in [7, 11) is 1.60. The van der Waals surface area contributed by atoms with Gasteiger partial charge in [0.1, 0.15) is 11.5 Å². The predicted molar refractivity (Wildman–Crippen MR) is 137 cm³/mol. The Balaban J connectivity index is 1.98. The number of nitrogens with zero attached hydrogens (tertiary/aromatic N) is 2. The molecule has 2 heterocycles. The average Bonchev–Trinajstić information content (AvgIpc) is 3.11. The van der Waals surface area contributed by atoms with Crippen molar-refractivity contribution in [2.45, 2.75) is 39.7 Å². The number of aliphatic hydroxyl groups is 1. The number of halogens is 1. The third-order valence-corrected chi connectivity index (χ3v) is 6.76. The van der Waals surface area contributed by atoms with Crippen LogP contribution in [0.25, 0.3) is 5.76 Å². The van der Waals surface area contributed by atoms with Gasteiger partial charge in [0.25, 0.3) is 11.7 Å². The molecule has 0 radical (unpaired) electrons. The highest BCUT2D eigenvalue weighted by molar-refractivity contribution is 6.51. The number of hydrogen-bond acceptors (Lipinski definition) is 5. The summed E-state index contributed by atoms with van der Waals surface area (Å²) in [5, 5.41) is 12.0. The molecule has 3 aromatic rings. The first-order valence-corrected chi connectivity index (χ1v) is 11.7. The summed E-state index contributed by atoms with van der Waals surface area (Å²) in [6.07, 6.45) is 3.18. The SMILES string of the molecule is COc1cc(C)c(/C(O)=C2\C(=O)C(=O)N(c3ccc(C)c(Cl)c3)C2c2ccncc2)cc1C(C)C. The lowest BCUT2D eigenvalue weighted by molar-refractivity contribution is -0.132. The van der Waals surface area contributed by atoms with E-state index in [0.29, 0.717) is 27.6 Å². The molecule has 1 aliphatic heterocycles. The number of aryl methyl sites for hydroxylation is 2. The van der Waals surface area contributed by atoms with Crippen molar-refractivity contribution in [2.24, 2.45) is 0 Å². The van der Waals surface area contributed by atoms with Crippen LogP contribution in [0, 0.1) is 13.8 Å². The third-order valence-electron chi connectivity index (χ3n) is 6.35. The van der Waals surface area contributed by atoms with Crippen molar-refractivity contribution in [3.05, 3.63) is 93.3 Å². The quantitative estimate of drug-likeness (QED) is 0.265. The monoisotopic (exact) mass is 490 g/mol. The fourth-order valence-corrected chi connectivity index (χ4v) is 4.59. The van der Waals surface area contributed by atoms with Gasteiger partial charge in [-0.2, -0.15) is 0 Å². The number of rotatable bonds is 5. The fourth-order valence-electron chi connectivity index (χ4n) is 4.42. The summed E-state index contributed by atoms with van der Waals surface area (Å²) in [6.45, 7) is 7.74. The number of carbonyl (C=O) groups is 2. The summed E-state index contributed by atoms with van der Waals surface area (Å²) in [5.74, 6) is -0.904. The van der Waals surface area contributed by atoms with Crippen LogP contribution in [0.15, 0.2) is 60.4 Å². The zero-order valence-corrected chi connectivity index (χ0v) is 21.1. The Hall–Kier alpha value is -3.64. The number of ketones is 1. The molecule has 1 unspecified atom stereocenters. The molecule has 0 spiro atoms. The second-order valence-corrected chi connectivity index (χ2v) is 9.35. The van der Waals surface area contributed by atoms with E-state index in [4.69, 9.17) is 16.3 Å². The van der Waals surface area contributed by atoms with E-state index >= 15 is 0 Å². The number of carbonyl (C=O) groups excluding carboxylic acids is 2. The molecule has 1 aromatic heterocycles. The number of methoxy groups -OCH3 is 1. The topological polar surface area (TPSA) is 79.7 Å². The summed E-state index contributed by atoms with van der Waals surface area (Å²) >= 11 is 6.36. The predicted octanol–water partition coefficient (Wildman–Crippen LogP) is 6.11. The molecule has 0 aliphatic carbocycles. The lowest BCUT2D eigenvalue weighted by Crippen LogP contribution is -2.29. The normalized spacial score (nSPS) is 17.3. The molecule has 1 saturated heterocycles. The Bertz CT molecular complexity index is 1350. The van der Waals surface area contributed by atoms with Gasteiger partial charge in [-0.1, -0.05) is 31.5 Å². The highest BCUT2D eigenvalue weighted by Crippen LogP contribution is 2.44. The Morgan fingerprint density at radius 3 is 2.34 bits per heavy atom. The Labute approximate surface area is 209 Å². The van der Waals surface area contributed by atoms with Gasteiger partial charge in [0, 0.05) is 28.7 Å². The van der Waals surface area contributed by atoms with Crippen LogP contribution < -0.4 is 9.64 Å². The first kappa shape index (κ1) is 24.5. The van der Waals surface area contributed by atoms with Gasteiger partial charge >= 0.3 is 0 Å². The Kier molecular flexibility index (Phi) is 6.68. The van der Waals surface area contributed by atoms with E-state index in [1.54, 1.807) is 49.8 Å². The summed E-state index contributed by atoms with van der Waals surface area (Å²) < 4.78 is 5.53. The molecule has 7 heteroatoms. The fraction of sp³-hybridized carbons (Fsp3) is 0.250. The Morgan fingerprint density at radius 1 is 1.06 bits per heavy atom.